The van der Waals surface area contributed by atoms with Gasteiger partial charge < -0.3 is 9.47 Å². The van der Waals surface area contributed by atoms with Gasteiger partial charge in [0, 0.05) is 43.7 Å². The van der Waals surface area contributed by atoms with Gasteiger partial charge in [-0.15, -0.1) is 0 Å². The minimum Gasteiger partial charge on any atom is -0.342 e. The Kier molecular flexibility index (Phi) is 4.43. The second-order valence-electron chi connectivity index (χ2n) is 7.34. The van der Waals surface area contributed by atoms with Crippen molar-refractivity contribution in [2.75, 3.05) is 13.1 Å². The maximum Gasteiger partial charge on any atom is 0.250 e. The van der Waals surface area contributed by atoms with Crippen LogP contribution in [0, 0.1) is 5.92 Å². The number of amides is 1. The molecule has 2 bridgehead atoms. The summed E-state index contributed by atoms with van der Waals surface area (Å²) in [7, 11) is 0. The van der Waals surface area contributed by atoms with Gasteiger partial charge in [0.15, 0.2) is 0 Å². The highest BCUT2D eigenvalue weighted by Gasteiger charge is 2.35. The van der Waals surface area contributed by atoms with E-state index >= 15 is 0 Å². The lowest BCUT2D eigenvalue weighted by molar-refractivity contribution is -0.134. The van der Waals surface area contributed by atoms with Crippen molar-refractivity contribution >= 4 is 5.91 Å². The fourth-order valence-electron chi connectivity index (χ4n) is 4.35. The Morgan fingerprint density at radius 1 is 1.00 bits per heavy atom. The molecule has 4 nitrogen and oxygen atoms in total. The topological polar surface area (TPSA) is 42.3 Å². The van der Waals surface area contributed by atoms with Crippen molar-refractivity contribution in [1.29, 1.82) is 0 Å². The third kappa shape index (κ3) is 3.39. The van der Waals surface area contributed by atoms with Crippen molar-refractivity contribution < 1.29 is 4.79 Å². The van der Waals surface area contributed by atoms with Crippen molar-refractivity contribution in [3.05, 3.63) is 70.1 Å². The largest absolute Gasteiger partial charge is 0.342 e. The summed E-state index contributed by atoms with van der Waals surface area (Å²) in [6, 6.07) is 15.9. The number of carbonyl (C=O) groups is 1. The molecule has 1 saturated heterocycles. The van der Waals surface area contributed by atoms with E-state index in [0.717, 1.165) is 44.6 Å². The third-order valence-electron chi connectivity index (χ3n) is 5.53. The normalized spacial score (nSPS) is 21.7. The molecule has 0 spiro atoms. The molecule has 2 atom stereocenters. The van der Waals surface area contributed by atoms with Crippen LogP contribution in [-0.4, -0.2) is 28.5 Å². The maximum absolute atomic E-state index is 12.7. The van der Waals surface area contributed by atoms with Gasteiger partial charge in [-0.25, -0.2) is 0 Å². The third-order valence-corrected chi connectivity index (χ3v) is 5.53. The van der Waals surface area contributed by atoms with E-state index in [2.05, 4.69) is 12.1 Å². The van der Waals surface area contributed by atoms with Crippen molar-refractivity contribution in [3.8, 4) is 0 Å². The van der Waals surface area contributed by atoms with Gasteiger partial charge in [-0.1, -0.05) is 36.4 Å². The number of fused-ring (bicyclic) bond motifs is 4. The number of benzene rings is 1. The SMILES string of the molecule is O=C(CCCc1ccccc1)N1CC2CC(C1)c1cccc(=O)n1C2. The number of nitrogens with zero attached hydrogens (tertiary/aromatic N) is 2. The number of aromatic nitrogens is 1. The number of piperidine rings is 1. The number of aryl methyl sites for hydroxylation is 1. The molecule has 2 aliphatic rings. The number of rotatable bonds is 4. The van der Waals surface area contributed by atoms with E-state index in [9.17, 15) is 9.59 Å². The van der Waals surface area contributed by atoms with Gasteiger partial charge in [-0.2, -0.15) is 0 Å². The Balaban J connectivity index is 1.38. The molecule has 1 fully saturated rings. The van der Waals surface area contributed by atoms with Crippen LogP contribution in [0.1, 0.15) is 36.4 Å². The molecular formula is C21H24N2O2. The smallest absolute Gasteiger partial charge is 0.250 e. The summed E-state index contributed by atoms with van der Waals surface area (Å²) in [5.74, 6) is 0.973. The van der Waals surface area contributed by atoms with Gasteiger partial charge in [0.05, 0.1) is 0 Å². The first-order valence-electron chi connectivity index (χ1n) is 9.22. The molecule has 1 aromatic carbocycles. The second-order valence-corrected chi connectivity index (χ2v) is 7.34. The summed E-state index contributed by atoms with van der Waals surface area (Å²) in [6.45, 7) is 2.30. The Morgan fingerprint density at radius 2 is 1.84 bits per heavy atom. The van der Waals surface area contributed by atoms with E-state index in [1.807, 2.05) is 39.8 Å². The Bertz CT molecular complexity index is 812. The van der Waals surface area contributed by atoms with Crippen LogP contribution in [0.25, 0.3) is 0 Å². The van der Waals surface area contributed by atoms with Crippen molar-refractivity contribution in [2.45, 2.75) is 38.1 Å². The van der Waals surface area contributed by atoms with E-state index < -0.39 is 0 Å². The fraction of sp³-hybridized carbons (Fsp3) is 0.429. The van der Waals surface area contributed by atoms with Crippen LogP contribution in [0.15, 0.2) is 53.3 Å². The highest BCUT2D eigenvalue weighted by Crippen LogP contribution is 2.35. The number of hydrogen-bond acceptors (Lipinski definition) is 2. The van der Waals surface area contributed by atoms with E-state index in [1.54, 1.807) is 6.07 Å². The predicted molar refractivity (Wildman–Crippen MR) is 97.5 cm³/mol. The molecule has 4 heteroatoms. The average molecular weight is 336 g/mol. The standard InChI is InChI=1S/C21H24N2O2/c24-20(10-4-8-16-6-2-1-3-7-16)22-13-17-12-18(15-22)19-9-5-11-21(25)23(19)14-17/h1-3,5-7,9,11,17-18H,4,8,10,12-15H2. The summed E-state index contributed by atoms with van der Waals surface area (Å²) in [6.07, 6.45) is 3.55. The molecule has 2 aromatic rings. The van der Waals surface area contributed by atoms with Crippen LogP contribution in [0.5, 0.6) is 0 Å². The zero-order valence-corrected chi connectivity index (χ0v) is 14.4. The van der Waals surface area contributed by atoms with Gasteiger partial charge in [0.2, 0.25) is 5.91 Å². The zero-order chi connectivity index (χ0) is 17.2. The van der Waals surface area contributed by atoms with E-state index in [0.29, 0.717) is 18.3 Å². The molecule has 1 aromatic heterocycles. The summed E-state index contributed by atoms with van der Waals surface area (Å²) in [5, 5.41) is 0. The average Bonchev–Trinajstić information content (AvgIpc) is 2.63. The molecule has 2 aliphatic heterocycles. The lowest BCUT2D eigenvalue weighted by atomic mass is 9.83. The fourth-order valence-corrected chi connectivity index (χ4v) is 4.35. The quantitative estimate of drug-likeness (QED) is 0.861. The van der Waals surface area contributed by atoms with E-state index in [1.165, 1.54) is 5.56 Å². The molecule has 25 heavy (non-hydrogen) atoms. The Morgan fingerprint density at radius 3 is 2.68 bits per heavy atom. The highest BCUT2D eigenvalue weighted by atomic mass is 16.2. The summed E-state index contributed by atoms with van der Waals surface area (Å²) >= 11 is 0. The van der Waals surface area contributed by atoms with Crippen LogP contribution in [0.4, 0.5) is 0 Å². The van der Waals surface area contributed by atoms with Crippen molar-refractivity contribution in [1.82, 2.24) is 9.47 Å². The second kappa shape index (κ2) is 6.87. The summed E-state index contributed by atoms with van der Waals surface area (Å²) in [4.78, 5) is 26.8. The minimum atomic E-state index is 0.0924. The number of carbonyl (C=O) groups excluding carboxylic acids is 1. The van der Waals surface area contributed by atoms with Crippen LogP contribution < -0.4 is 5.56 Å². The molecular weight excluding hydrogens is 312 g/mol. The molecule has 3 heterocycles. The number of likely N-dealkylation sites (tertiary alicyclic amines) is 1. The highest BCUT2D eigenvalue weighted by molar-refractivity contribution is 5.76. The van der Waals surface area contributed by atoms with Gasteiger partial charge in [-0.3, -0.25) is 9.59 Å². The Hall–Kier alpha value is -2.36. The molecule has 130 valence electrons. The first-order chi connectivity index (χ1) is 12.2. The number of hydrogen-bond donors (Lipinski definition) is 0. The van der Waals surface area contributed by atoms with Crippen LogP contribution in [-0.2, 0) is 17.8 Å². The van der Waals surface area contributed by atoms with E-state index in [4.69, 9.17) is 0 Å². The maximum atomic E-state index is 12.7. The van der Waals surface area contributed by atoms with Gasteiger partial charge >= 0.3 is 0 Å². The molecule has 1 amide bonds. The Labute approximate surface area is 148 Å². The van der Waals surface area contributed by atoms with Gasteiger partial charge in [-0.05, 0) is 36.8 Å². The van der Waals surface area contributed by atoms with Gasteiger partial charge in [0.1, 0.15) is 0 Å². The number of pyridine rings is 1. The summed E-state index contributed by atoms with van der Waals surface area (Å²) in [5.41, 5.74) is 2.49. The zero-order valence-electron chi connectivity index (χ0n) is 14.4. The first kappa shape index (κ1) is 16.1. The summed E-state index contributed by atoms with van der Waals surface area (Å²) < 4.78 is 1.91. The molecule has 0 radical (unpaired) electrons. The monoisotopic (exact) mass is 336 g/mol. The molecule has 2 unspecified atom stereocenters. The lowest BCUT2D eigenvalue weighted by Crippen LogP contribution is -2.49. The van der Waals surface area contributed by atoms with E-state index in [-0.39, 0.29) is 11.5 Å². The minimum absolute atomic E-state index is 0.0924. The van der Waals surface area contributed by atoms with Crippen LogP contribution >= 0.6 is 0 Å². The molecule has 0 N–H and O–H groups in total. The van der Waals surface area contributed by atoms with Crippen molar-refractivity contribution in [2.24, 2.45) is 5.92 Å². The first-order valence-corrected chi connectivity index (χ1v) is 9.22. The lowest BCUT2D eigenvalue weighted by Gasteiger charge is -2.42. The van der Waals surface area contributed by atoms with Crippen molar-refractivity contribution in [3.63, 3.8) is 0 Å². The predicted octanol–water partition coefficient (Wildman–Crippen LogP) is 2.82. The van der Waals surface area contributed by atoms with Crippen LogP contribution in [0.2, 0.25) is 0 Å². The van der Waals surface area contributed by atoms with Gasteiger partial charge in [0.25, 0.3) is 5.56 Å². The van der Waals surface area contributed by atoms with Crippen LogP contribution in [0.3, 0.4) is 0 Å². The molecule has 0 aliphatic carbocycles. The molecule has 0 saturated carbocycles. The molecule has 4 rings (SSSR count).